The highest BCUT2D eigenvalue weighted by molar-refractivity contribution is 6.03. The second kappa shape index (κ2) is 10.0. The minimum absolute atomic E-state index is 0.0466. The van der Waals surface area contributed by atoms with Gasteiger partial charge < -0.3 is 25.0 Å². The fourth-order valence-corrected chi connectivity index (χ4v) is 7.01. The standard InChI is InChI=1S/C31H34FN3O5/c1-30-16-17-31(40-30)25(24(30)27(36)33-22-12-10-20(32)11-13-22)29(38)35(18-19-8-14-23(39-2)15-9-19)26(31)28(37)34-21-6-4-3-5-7-21/h8-17,21,24-26H,3-7,18H2,1-2H3,(H,33,36)(H,34,37)/t24?,25-,26?,30-,31?/m1/s1. The SMILES string of the molecule is COc1ccc(CN2C(=O)[C@H]3C(C(=O)Nc4ccc(F)cc4)[C@@]4(C)C=CC3(O4)C2C(=O)NC2CCCCC2)cc1. The average molecular weight is 548 g/mol. The van der Waals surface area contributed by atoms with Gasteiger partial charge in [-0.15, -0.1) is 0 Å². The summed E-state index contributed by atoms with van der Waals surface area (Å²) in [7, 11) is 1.59. The molecule has 3 heterocycles. The normalized spacial score (nSPS) is 30.8. The molecule has 5 atom stereocenters. The molecule has 6 rings (SSSR count). The molecule has 1 spiro atoms. The molecular weight excluding hydrogens is 513 g/mol. The maximum absolute atomic E-state index is 14.2. The maximum Gasteiger partial charge on any atom is 0.246 e. The lowest BCUT2D eigenvalue weighted by Gasteiger charge is -2.34. The van der Waals surface area contributed by atoms with Crippen LogP contribution in [0.1, 0.15) is 44.6 Å². The number of ether oxygens (including phenoxy) is 2. The van der Waals surface area contributed by atoms with E-state index in [1.165, 1.54) is 24.3 Å². The third-order valence-electron chi connectivity index (χ3n) is 8.90. The number of rotatable bonds is 7. The number of halogens is 1. The van der Waals surface area contributed by atoms with E-state index in [2.05, 4.69) is 10.6 Å². The lowest BCUT2D eigenvalue weighted by Crippen LogP contribution is -2.56. The van der Waals surface area contributed by atoms with Crippen molar-refractivity contribution in [2.45, 2.75) is 68.9 Å². The molecule has 2 bridgehead atoms. The number of anilines is 1. The van der Waals surface area contributed by atoms with Gasteiger partial charge in [-0.3, -0.25) is 14.4 Å². The van der Waals surface area contributed by atoms with E-state index < -0.39 is 40.8 Å². The number of methoxy groups -OCH3 is 1. The zero-order valence-corrected chi connectivity index (χ0v) is 22.7. The Morgan fingerprint density at radius 3 is 2.40 bits per heavy atom. The summed E-state index contributed by atoms with van der Waals surface area (Å²) in [5.74, 6) is -2.45. The van der Waals surface area contributed by atoms with E-state index in [1.54, 1.807) is 18.9 Å². The van der Waals surface area contributed by atoms with Crippen LogP contribution in [0.25, 0.3) is 0 Å². The number of fused-ring (bicyclic) bond motifs is 1. The number of amides is 3. The van der Waals surface area contributed by atoms with Crippen molar-refractivity contribution >= 4 is 23.4 Å². The van der Waals surface area contributed by atoms with Crippen molar-refractivity contribution in [2.75, 3.05) is 12.4 Å². The molecule has 3 aliphatic heterocycles. The van der Waals surface area contributed by atoms with E-state index in [4.69, 9.17) is 9.47 Å². The van der Waals surface area contributed by atoms with Crippen LogP contribution in [0.15, 0.2) is 60.7 Å². The van der Waals surface area contributed by atoms with E-state index in [9.17, 15) is 18.8 Å². The molecule has 1 aliphatic carbocycles. The van der Waals surface area contributed by atoms with Gasteiger partial charge in [0.25, 0.3) is 0 Å². The molecule has 3 unspecified atom stereocenters. The first kappa shape index (κ1) is 26.5. The van der Waals surface area contributed by atoms with Crippen LogP contribution in [-0.2, 0) is 25.7 Å². The summed E-state index contributed by atoms with van der Waals surface area (Å²) in [6.45, 7) is 1.96. The number of hydrogen-bond donors (Lipinski definition) is 2. The Labute approximate surface area is 232 Å². The maximum atomic E-state index is 14.2. The Kier molecular flexibility index (Phi) is 6.65. The Bertz CT molecular complexity index is 1340. The van der Waals surface area contributed by atoms with E-state index in [0.29, 0.717) is 11.4 Å². The fraction of sp³-hybridized carbons (Fsp3) is 0.452. The summed E-state index contributed by atoms with van der Waals surface area (Å²) in [5.41, 5.74) is -1.09. The highest BCUT2D eigenvalue weighted by Gasteiger charge is 2.76. The molecule has 3 amide bonds. The molecule has 2 saturated heterocycles. The van der Waals surface area contributed by atoms with Gasteiger partial charge in [-0.2, -0.15) is 0 Å². The Balaban J connectivity index is 1.34. The first-order valence-electron chi connectivity index (χ1n) is 13.9. The summed E-state index contributed by atoms with van der Waals surface area (Å²) in [6.07, 6.45) is 8.69. The highest BCUT2D eigenvalue weighted by atomic mass is 19.1. The molecule has 9 heteroatoms. The Morgan fingerprint density at radius 2 is 1.73 bits per heavy atom. The van der Waals surface area contributed by atoms with Crippen molar-refractivity contribution in [1.29, 1.82) is 0 Å². The quantitative estimate of drug-likeness (QED) is 0.512. The lowest BCUT2D eigenvalue weighted by atomic mass is 9.70. The molecule has 210 valence electrons. The molecule has 2 aromatic carbocycles. The molecule has 3 fully saturated rings. The van der Waals surface area contributed by atoms with E-state index in [0.717, 1.165) is 37.7 Å². The van der Waals surface area contributed by atoms with Crippen LogP contribution >= 0.6 is 0 Å². The van der Waals surface area contributed by atoms with Crippen molar-refractivity contribution in [3.05, 3.63) is 72.1 Å². The van der Waals surface area contributed by atoms with Crippen LogP contribution in [0, 0.1) is 17.7 Å². The number of carbonyl (C=O) groups excluding carboxylic acids is 3. The summed E-state index contributed by atoms with van der Waals surface area (Å²) < 4.78 is 25.3. The molecule has 2 N–H and O–H groups in total. The predicted molar refractivity (Wildman–Crippen MR) is 146 cm³/mol. The summed E-state index contributed by atoms with van der Waals surface area (Å²) in [4.78, 5) is 43.5. The summed E-state index contributed by atoms with van der Waals surface area (Å²) in [6, 6.07) is 11.9. The third kappa shape index (κ3) is 4.36. The predicted octanol–water partition coefficient (Wildman–Crippen LogP) is 3.96. The lowest BCUT2D eigenvalue weighted by molar-refractivity contribution is -0.145. The average Bonchev–Trinajstić information content (AvgIpc) is 3.51. The smallest absolute Gasteiger partial charge is 0.246 e. The first-order valence-corrected chi connectivity index (χ1v) is 13.9. The van der Waals surface area contributed by atoms with Crippen molar-refractivity contribution in [2.24, 2.45) is 11.8 Å². The van der Waals surface area contributed by atoms with Crippen LogP contribution in [0.3, 0.4) is 0 Å². The van der Waals surface area contributed by atoms with Crippen molar-refractivity contribution in [3.8, 4) is 5.75 Å². The fourth-order valence-electron chi connectivity index (χ4n) is 7.01. The summed E-state index contributed by atoms with van der Waals surface area (Å²) in [5, 5.41) is 6.04. The van der Waals surface area contributed by atoms with Gasteiger partial charge in [0, 0.05) is 18.3 Å². The van der Waals surface area contributed by atoms with Gasteiger partial charge in [-0.25, -0.2) is 4.39 Å². The molecule has 8 nitrogen and oxygen atoms in total. The number of nitrogens with one attached hydrogen (secondary N) is 2. The number of nitrogens with zero attached hydrogens (tertiary/aromatic N) is 1. The monoisotopic (exact) mass is 547 g/mol. The second-order valence-electron chi connectivity index (χ2n) is 11.5. The molecule has 2 aromatic rings. The second-order valence-corrected chi connectivity index (χ2v) is 11.5. The molecule has 0 aromatic heterocycles. The van der Waals surface area contributed by atoms with Gasteiger partial charge in [0.05, 0.1) is 24.5 Å². The van der Waals surface area contributed by atoms with E-state index in [1.807, 2.05) is 36.4 Å². The van der Waals surface area contributed by atoms with Gasteiger partial charge >= 0.3 is 0 Å². The minimum atomic E-state index is -1.28. The number of benzene rings is 2. The largest absolute Gasteiger partial charge is 0.497 e. The zero-order chi connectivity index (χ0) is 28.1. The van der Waals surface area contributed by atoms with Crippen LogP contribution in [0.2, 0.25) is 0 Å². The molecule has 4 aliphatic rings. The first-order chi connectivity index (χ1) is 19.2. The van der Waals surface area contributed by atoms with Crippen LogP contribution in [0.5, 0.6) is 5.75 Å². The Hall–Kier alpha value is -3.72. The number of carbonyl (C=O) groups is 3. The Morgan fingerprint density at radius 1 is 1.02 bits per heavy atom. The molecule has 1 saturated carbocycles. The van der Waals surface area contributed by atoms with Gasteiger partial charge in [0.15, 0.2) is 0 Å². The number of hydrogen-bond acceptors (Lipinski definition) is 5. The van der Waals surface area contributed by atoms with Crippen molar-refractivity contribution in [3.63, 3.8) is 0 Å². The highest BCUT2D eigenvalue weighted by Crippen LogP contribution is 2.60. The van der Waals surface area contributed by atoms with Gasteiger partial charge in [-0.1, -0.05) is 43.5 Å². The van der Waals surface area contributed by atoms with Crippen LogP contribution in [-0.4, -0.2) is 53.0 Å². The van der Waals surface area contributed by atoms with Gasteiger partial charge in [-0.05, 0) is 61.7 Å². The van der Waals surface area contributed by atoms with Crippen molar-refractivity contribution < 1.29 is 28.2 Å². The third-order valence-corrected chi connectivity index (χ3v) is 8.90. The molecule has 0 radical (unpaired) electrons. The molecule has 40 heavy (non-hydrogen) atoms. The summed E-state index contributed by atoms with van der Waals surface area (Å²) >= 11 is 0. The van der Waals surface area contributed by atoms with E-state index >= 15 is 0 Å². The van der Waals surface area contributed by atoms with Gasteiger partial charge in [0.2, 0.25) is 17.7 Å². The molecular formula is C31H34FN3O5. The topological polar surface area (TPSA) is 97.0 Å². The zero-order valence-electron chi connectivity index (χ0n) is 22.7. The van der Waals surface area contributed by atoms with Crippen LogP contribution in [0.4, 0.5) is 10.1 Å². The van der Waals surface area contributed by atoms with Gasteiger partial charge in [0.1, 0.15) is 23.2 Å². The van der Waals surface area contributed by atoms with Crippen LogP contribution < -0.4 is 15.4 Å². The van der Waals surface area contributed by atoms with Crippen molar-refractivity contribution in [1.82, 2.24) is 10.2 Å². The number of likely N-dealkylation sites (tertiary alicyclic amines) is 1. The minimum Gasteiger partial charge on any atom is -0.497 e. The van der Waals surface area contributed by atoms with E-state index in [-0.39, 0.29) is 24.4 Å².